The molecule has 3 aromatic heterocycles. The van der Waals surface area contributed by atoms with Gasteiger partial charge in [-0.2, -0.15) is 0 Å². The SMILES string of the molecule is Cc1ncc2c(N)nc3cnc(C(=O)O)cc3n12. The Hall–Kier alpha value is -2.70. The van der Waals surface area contributed by atoms with Crippen LogP contribution < -0.4 is 5.73 Å². The number of carboxylic acid groups (broad SMARTS) is 1. The van der Waals surface area contributed by atoms with E-state index in [1.54, 1.807) is 10.6 Å². The molecule has 0 saturated carbocycles. The van der Waals surface area contributed by atoms with Crippen LogP contribution in [0.2, 0.25) is 0 Å². The van der Waals surface area contributed by atoms with Gasteiger partial charge in [0.05, 0.1) is 17.9 Å². The summed E-state index contributed by atoms with van der Waals surface area (Å²) in [4.78, 5) is 23.1. The summed E-state index contributed by atoms with van der Waals surface area (Å²) in [5.41, 5.74) is 7.59. The zero-order chi connectivity index (χ0) is 12.9. The van der Waals surface area contributed by atoms with Gasteiger partial charge in [0.15, 0.2) is 0 Å². The number of aromatic carboxylic acids is 1. The fourth-order valence-corrected chi connectivity index (χ4v) is 1.94. The molecule has 0 aromatic carbocycles. The van der Waals surface area contributed by atoms with Crippen LogP contribution in [0.15, 0.2) is 18.5 Å². The fourth-order valence-electron chi connectivity index (χ4n) is 1.94. The van der Waals surface area contributed by atoms with Gasteiger partial charge in [0, 0.05) is 0 Å². The predicted octanol–water partition coefficient (Wildman–Crippen LogP) is 0.866. The molecule has 3 N–H and O–H groups in total. The van der Waals surface area contributed by atoms with Crippen molar-refractivity contribution in [3.05, 3.63) is 30.0 Å². The highest BCUT2D eigenvalue weighted by Gasteiger charge is 2.12. The van der Waals surface area contributed by atoms with E-state index >= 15 is 0 Å². The summed E-state index contributed by atoms with van der Waals surface area (Å²) < 4.78 is 1.77. The van der Waals surface area contributed by atoms with Crippen molar-refractivity contribution in [1.82, 2.24) is 19.4 Å². The number of aromatic nitrogens is 4. The molecule has 3 rings (SSSR count). The van der Waals surface area contributed by atoms with Crippen LogP contribution in [-0.2, 0) is 0 Å². The van der Waals surface area contributed by atoms with E-state index in [-0.39, 0.29) is 5.69 Å². The number of nitrogens with zero attached hydrogens (tertiary/aromatic N) is 4. The summed E-state index contributed by atoms with van der Waals surface area (Å²) in [5.74, 6) is -0.0285. The summed E-state index contributed by atoms with van der Waals surface area (Å²) >= 11 is 0. The first-order valence-corrected chi connectivity index (χ1v) is 5.20. The first-order chi connectivity index (χ1) is 8.58. The third-order valence-corrected chi connectivity index (χ3v) is 2.76. The maximum atomic E-state index is 10.9. The molecule has 0 radical (unpaired) electrons. The Kier molecular flexibility index (Phi) is 1.97. The van der Waals surface area contributed by atoms with Gasteiger partial charge in [-0.15, -0.1) is 0 Å². The number of carboxylic acids is 1. The highest BCUT2D eigenvalue weighted by molar-refractivity contribution is 5.91. The van der Waals surface area contributed by atoms with E-state index in [0.29, 0.717) is 28.2 Å². The largest absolute Gasteiger partial charge is 0.477 e. The Labute approximate surface area is 101 Å². The third kappa shape index (κ3) is 1.30. The molecule has 0 aliphatic heterocycles. The number of fused-ring (bicyclic) bond motifs is 3. The van der Waals surface area contributed by atoms with Crippen molar-refractivity contribution in [3.8, 4) is 0 Å². The van der Waals surface area contributed by atoms with Crippen molar-refractivity contribution in [2.24, 2.45) is 0 Å². The molecule has 3 heterocycles. The van der Waals surface area contributed by atoms with Crippen LogP contribution in [0.1, 0.15) is 16.3 Å². The number of hydrogen-bond donors (Lipinski definition) is 2. The highest BCUT2D eigenvalue weighted by atomic mass is 16.4. The van der Waals surface area contributed by atoms with E-state index in [1.165, 1.54) is 12.3 Å². The molecule has 90 valence electrons. The zero-order valence-corrected chi connectivity index (χ0v) is 9.45. The van der Waals surface area contributed by atoms with Crippen LogP contribution in [0.4, 0.5) is 5.82 Å². The molecule has 7 nitrogen and oxygen atoms in total. The first-order valence-electron chi connectivity index (χ1n) is 5.20. The van der Waals surface area contributed by atoms with Crippen molar-refractivity contribution in [2.45, 2.75) is 6.92 Å². The molecule has 0 spiro atoms. The molecule has 7 heteroatoms. The van der Waals surface area contributed by atoms with E-state index < -0.39 is 5.97 Å². The zero-order valence-electron chi connectivity index (χ0n) is 9.45. The fraction of sp³-hybridized carbons (Fsp3) is 0.0909. The Bertz CT molecular complexity index is 793. The molecule has 0 saturated heterocycles. The van der Waals surface area contributed by atoms with Crippen LogP contribution in [0.25, 0.3) is 16.6 Å². The van der Waals surface area contributed by atoms with Gasteiger partial charge in [-0.25, -0.2) is 19.7 Å². The summed E-state index contributed by atoms with van der Waals surface area (Å²) in [6.07, 6.45) is 3.01. The van der Waals surface area contributed by atoms with Crippen molar-refractivity contribution in [1.29, 1.82) is 0 Å². The van der Waals surface area contributed by atoms with Gasteiger partial charge in [-0.1, -0.05) is 0 Å². The van der Waals surface area contributed by atoms with Crippen LogP contribution in [0.3, 0.4) is 0 Å². The summed E-state index contributed by atoms with van der Waals surface area (Å²) in [6, 6.07) is 1.46. The molecule has 0 amide bonds. The van der Waals surface area contributed by atoms with E-state index in [2.05, 4.69) is 15.0 Å². The number of imidazole rings is 1. The Morgan fingerprint density at radius 3 is 2.83 bits per heavy atom. The number of nitrogen functional groups attached to an aromatic ring is 1. The standard InChI is InChI=1S/C11H9N5O2/c1-5-13-4-9-10(12)15-7-3-14-6(11(17)18)2-8(7)16(5)9/h2-4H,1H3,(H2,12,15)(H,17,18). The van der Waals surface area contributed by atoms with Crippen molar-refractivity contribution < 1.29 is 9.90 Å². The maximum Gasteiger partial charge on any atom is 0.354 e. The lowest BCUT2D eigenvalue weighted by atomic mass is 10.3. The van der Waals surface area contributed by atoms with Gasteiger partial charge in [0.25, 0.3) is 0 Å². The predicted molar refractivity (Wildman–Crippen MR) is 64.4 cm³/mol. The van der Waals surface area contributed by atoms with E-state index in [9.17, 15) is 4.79 Å². The lowest BCUT2D eigenvalue weighted by Gasteiger charge is -2.06. The molecule has 0 fully saturated rings. The minimum atomic E-state index is -1.08. The monoisotopic (exact) mass is 243 g/mol. The molecule has 0 bridgehead atoms. The smallest absolute Gasteiger partial charge is 0.354 e. The number of anilines is 1. The molecule has 0 unspecified atom stereocenters. The number of rotatable bonds is 1. The second-order valence-electron chi connectivity index (χ2n) is 3.89. The van der Waals surface area contributed by atoms with Crippen LogP contribution in [0, 0.1) is 6.92 Å². The highest BCUT2D eigenvalue weighted by Crippen LogP contribution is 2.21. The normalized spacial score (nSPS) is 11.2. The van der Waals surface area contributed by atoms with Gasteiger partial charge < -0.3 is 10.8 Å². The number of pyridine rings is 1. The molecule has 0 aliphatic carbocycles. The first kappa shape index (κ1) is 10.5. The van der Waals surface area contributed by atoms with Gasteiger partial charge in [0.1, 0.15) is 28.4 Å². The second kappa shape index (κ2) is 3.39. The number of hydrogen-bond acceptors (Lipinski definition) is 5. The van der Waals surface area contributed by atoms with Crippen molar-refractivity contribution >= 4 is 28.3 Å². The molecule has 18 heavy (non-hydrogen) atoms. The maximum absolute atomic E-state index is 10.9. The van der Waals surface area contributed by atoms with Gasteiger partial charge in [0.2, 0.25) is 0 Å². The number of aryl methyl sites for hydroxylation is 1. The molecule has 3 aromatic rings. The summed E-state index contributed by atoms with van der Waals surface area (Å²) in [6.45, 7) is 1.81. The lowest BCUT2D eigenvalue weighted by molar-refractivity contribution is 0.0690. The average molecular weight is 243 g/mol. The Morgan fingerprint density at radius 2 is 2.11 bits per heavy atom. The quantitative estimate of drug-likeness (QED) is 0.656. The van der Waals surface area contributed by atoms with E-state index in [4.69, 9.17) is 10.8 Å². The summed E-state index contributed by atoms with van der Waals surface area (Å²) in [7, 11) is 0. The van der Waals surface area contributed by atoms with Crippen molar-refractivity contribution in [3.63, 3.8) is 0 Å². The molecule has 0 atom stereocenters. The van der Waals surface area contributed by atoms with Gasteiger partial charge in [-0.3, -0.25) is 4.40 Å². The Balaban J connectivity index is 2.53. The average Bonchev–Trinajstić information content (AvgIpc) is 2.72. The van der Waals surface area contributed by atoms with E-state index in [0.717, 1.165) is 0 Å². The molecular formula is C11H9N5O2. The van der Waals surface area contributed by atoms with Crippen molar-refractivity contribution in [2.75, 3.05) is 5.73 Å². The molecule has 0 aliphatic rings. The second-order valence-corrected chi connectivity index (χ2v) is 3.89. The number of carbonyl (C=O) groups is 1. The van der Waals surface area contributed by atoms with Crippen LogP contribution >= 0.6 is 0 Å². The Morgan fingerprint density at radius 1 is 1.33 bits per heavy atom. The van der Waals surface area contributed by atoms with Crippen LogP contribution in [-0.4, -0.2) is 30.4 Å². The summed E-state index contributed by atoms with van der Waals surface area (Å²) in [5, 5.41) is 8.96. The van der Waals surface area contributed by atoms with Gasteiger partial charge >= 0.3 is 5.97 Å². The minimum absolute atomic E-state index is 0.0385. The van der Waals surface area contributed by atoms with E-state index in [1.807, 2.05) is 6.92 Å². The molecular weight excluding hydrogens is 234 g/mol. The third-order valence-electron chi connectivity index (χ3n) is 2.76. The number of nitrogens with two attached hydrogens (primary N) is 1. The van der Waals surface area contributed by atoms with Gasteiger partial charge in [-0.05, 0) is 13.0 Å². The topological polar surface area (TPSA) is 106 Å². The minimum Gasteiger partial charge on any atom is -0.477 e. The van der Waals surface area contributed by atoms with Crippen LogP contribution in [0.5, 0.6) is 0 Å². The lowest BCUT2D eigenvalue weighted by Crippen LogP contribution is -2.04.